The van der Waals surface area contributed by atoms with E-state index in [1.807, 2.05) is 0 Å². The average molecular weight is 219 g/mol. The molecule has 4 N–H and O–H groups in total. The minimum atomic E-state index is -0.867. The number of benzene rings is 1. The molecular formula is C9H9N5O2. The summed E-state index contributed by atoms with van der Waals surface area (Å²) in [5.74, 6) is -0.175. The number of amides is 1. The highest BCUT2D eigenvalue weighted by atomic mass is 16.3. The lowest BCUT2D eigenvalue weighted by Gasteiger charge is -1.98. The predicted molar refractivity (Wildman–Crippen MR) is 56.2 cm³/mol. The van der Waals surface area contributed by atoms with Gasteiger partial charge in [-0.05, 0) is 24.3 Å². The molecule has 1 aliphatic rings. The van der Waals surface area contributed by atoms with Crippen molar-refractivity contribution in [2.24, 2.45) is 21.1 Å². The number of hydrogen-bond donors (Lipinski definition) is 3. The van der Waals surface area contributed by atoms with Crippen molar-refractivity contribution in [3.8, 4) is 5.75 Å². The zero-order valence-electron chi connectivity index (χ0n) is 8.16. The molecule has 0 saturated heterocycles. The van der Waals surface area contributed by atoms with Crippen LogP contribution in [0.1, 0.15) is 0 Å². The number of phenolic OH excluding ortho intramolecular Hbond substituents is 1. The molecule has 1 aromatic rings. The fourth-order valence-corrected chi connectivity index (χ4v) is 1.13. The van der Waals surface area contributed by atoms with Crippen molar-refractivity contribution < 1.29 is 9.90 Å². The monoisotopic (exact) mass is 219 g/mol. The Balaban J connectivity index is 2.12. The second-order valence-corrected chi connectivity index (χ2v) is 3.15. The fraction of sp³-hybridized carbons (Fsp3) is 0.111. The highest BCUT2D eigenvalue weighted by Crippen LogP contribution is 2.17. The summed E-state index contributed by atoms with van der Waals surface area (Å²) in [6.07, 6.45) is 0. The van der Waals surface area contributed by atoms with Gasteiger partial charge in [0, 0.05) is 0 Å². The van der Waals surface area contributed by atoms with E-state index in [1.54, 1.807) is 12.1 Å². The second kappa shape index (κ2) is 3.97. The van der Waals surface area contributed by atoms with Crippen molar-refractivity contribution >= 4 is 17.4 Å². The lowest BCUT2D eigenvalue weighted by atomic mass is 10.3. The largest absolute Gasteiger partial charge is 0.508 e. The first-order valence-corrected chi connectivity index (χ1v) is 4.49. The third kappa shape index (κ3) is 1.97. The quantitative estimate of drug-likeness (QED) is 0.619. The van der Waals surface area contributed by atoms with Gasteiger partial charge >= 0.3 is 0 Å². The number of rotatable bonds is 2. The zero-order valence-corrected chi connectivity index (χ0v) is 8.16. The van der Waals surface area contributed by atoms with Crippen LogP contribution in [0.3, 0.4) is 0 Å². The highest BCUT2D eigenvalue weighted by Gasteiger charge is 2.27. The first kappa shape index (κ1) is 10.1. The summed E-state index contributed by atoms with van der Waals surface area (Å²) in [5, 5.41) is 20.2. The van der Waals surface area contributed by atoms with Gasteiger partial charge in [0.15, 0.2) is 5.84 Å². The van der Waals surface area contributed by atoms with Gasteiger partial charge in [-0.15, -0.1) is 0 Å². The van der Waals surface area contributed by atoms with Gasteiger partial charge in [-0.1, -0.05) is 0 Å². The van der Waals surface area contributed by atoms with Crippen molar-refractivity contribution in [3.05, 3.63) is 24.3 Å². The molecule has 0 bridgehead atoms. The van der Waals surface area contributed by atoms with Gasteiger partial charge in [-0.25, -0.2) is 5.43 Å². The van der Waals surface area contributed by atoms with Crippen LogP contribution in [0.2, 0.25) is 0 Å². The Hall–Kier alpha value is -2.44. The lowest BCUT2D eigenvalue weighted by molar-refractivity contribution is -0.120. The van der Waals surface area contributed by atoms with Crippen molar-refractivity contribution in [1.82, 2.24) is 5.43 Å². The smallest absolute Gasteiger partial charge is 0.274 e. The molecule has 16 heavy (non-hydrogen) atoms. The number of carbonyl (C=O) groups excluding carboxylic acids is 1. The number of nitrogens with two attached hydrogens (primary N) is 1. The number of nitrogens with one attached hydrogen (secondary N) is 1. The van der Waals surface area contributed by atoms with Gasteiger partial charge in [0.1, 0.15) is 5.75 Å². The van der Waals surface area contributed by atoms with Gasteiger partial charge in [0.25, 0.3) is 5.91 Å². The van der Waals surface area contributed by atoms with Crippen LogP contribution in [0, 0.1) is 0 Å². The Labute approximate surface area is 90.7 Å². The summed E-state index contributed by atoms with van der Waals surface area (Å²) >= 11 is 0. The van der Waals surface area contributed by atoms with Crippen molar-refractivity contribution in [3.63, 3.8) is 0 Å². The third-order valence-corrected chi connectivity index (χ3v) is 1.96. The maximum Gasteiger partial charge on any atom is 0.274 e. The van der Waals surface area contributed by atoms with E-state index in [-0.39, 0.29) is 11.6 Å². The molecule has 7 nitrogen and oxygen atoms in total. The molecule has 1 heterocycles. The number of hydrogen-bond acceptors (Lipinski definition) is 6. The van der Waals surface area contributed by atoms with Crippen LogP contribution in [0.4, 0.5) is 5.69 Å². The molecule has 2 rings (SSSR count). The zero-order chi connectivity index (χ0) is 11.5. The highest BCUT2D eigenvalue weighted by molar-refractivity contribution is 6.10. The molecule has 0 saturated carbocycles. The van der Waals surface area contributed by atoms with E-state index in [2.05, 4.69) is 20.8 Å². The van der Waals surface area contributed by atoms with Crippen LogP contribution in [-0.4, -0.2) is 22.9 Å². The summed E-state index contributed by atoms with van der Waals surface area (Å²) in [7, 11) is 0. The normalized spacial score (nSPS) is 19.9. The van der Waals surface area contributed by atoms with Crippen LogP contribution in [0.5, 0.6) is 5.75 Å². The Morgan fingerprint density at radius 3 is 2.62 bits per heavy atom. The van der Waals surface area contributed by atoms with Crippen LogP contribution in [0.15, 0.2) is 39.6 Å². The number of amidine groups is 1. The molecule has 82 valence electrons. The first-order chi connectivity index (χ1) is 7.66. The molecule has 1 aliphatic heterocycles. The van der Waals surface area contributed by atoms with Gasteiger partial charge < -0.3 is 10.8 Å². The van der Waals surface area contributed by atoms with Gasteiger partial charge in [0.05, 0.1) is 5.69 Å². The van der Waals surface area contributed by atoms with E-state index in [1.165, 1.54) is 12.1 Å². The maximum atomic E-state index is 11.2. The Morgan fingerprint density at radius 1 is 1.38 bits per heavy atom. The van der Waals surface area contributed by atoms with Crippen LogP contribution >= 0.6 is 0 Å². The van der Waals surface area contributed by atoms with Crippen molar-refractivity contribution in [1.29, 1.82) is 0 Å². The summed E-state index contributed by atoms with van der Waals surface area (Å²) in [6.45, 7) is 0. The Morgan fingerprint density at radius 2 is 2.06 bits per heavy atom. The van der Waals surface area contributed by atoms with Gasteiger partial charge in [-0.3, -0.25) is 4.79 Å². The molecule has 0 radical (unpaired) electrons. The molecule has 7 heteroatoms. The van der Waals surface area contributed by atoms with Gasteiger partial charge in [0.2, 0.25) is 6.04 Å². The van der Waals surface area contributed by atoms with Crippen molar-refractivity contribution in [2.45, 2.75) is 6.04 Å². The van der Waals surface area contributed by atoms with Crippen LogP contribution in [0.25, 0.3) is 0 Å². The second-order valence-electron chi connectivity index (χ2n) is 3.15. The summed E-state index contributed by atoms with van der Waals surface area (Å²) < 4.78 is 0. The standard InChI is InChI=1S/C9H9N5O2/c10-8-7(9(16)14-13-8)12-11-5-1-3-6(15)4-2-5/h1-4,7,15H,(H2,10,13)(H,14,16). The molecule has 0 aliphatic carbocycles. The Bertz CT molecular complexity index is 465. The van der Waals surface area contributed by atoms with E-state index < -0.39 is 11.9 Å². The fourth-order valence-electron chi connectivity index (χ4n) is 1.13. The number of aromatic hydroxyl groups is 1. The molecule has 1 aromatic carbocycles. The van der Waals surface area contributed by atoms with E-state index in [0.29, 0.717) is 5.69 Å². The maximum absolute atomic E-state index is 11.2. The lowest BCUT2D eigenvalue weighted by Crippen LogP contribution is -2.31. The number of carbonyl (C=O) groups is 1. The SMILES string of the molecule is NC1=NNC(=O)C1N=Nc1ccc(O)cc1. The topological polar surface area (TPSA) is 112 Å². The van der Waals surface area contributed by atoms with E-state index >= 15 is 0 Å². The summed E-state index contributed by atoms with van der Waals surface area (Å²) in [6, 6.07) is 5.22. The molecule has 0 fully saturated rings. The van der Waals surface area contributed by atoms with Crippen LogP contribution in [-0.2, 0) is 4.79 Å². The molecule has 0 spiro atoms. The Kier molecular flexibility index (Phi) is 2.50. The van der Waals surface area contributed by atoms with Crippen LogP contribution < -0.4 is 11.2 Å². The number of nitrogens with zero attached hydrogens (tertiary/aromatic N) is 3. The van der Waals surface area contributed by atoms with E-state index in [4.69, 9.17) is 10.8 Å². The van der Waals surface area contributed by atoms with E-state index in [0.717, 1.165) is 0 Å². The third-order valence-electron chi connectivity index (χ3n) is 1.96. The van der Waals surface area contributed by atoms with Gasteiger partial charge in [-0.2, -0.15) is 15.3 Å². The molecule has 0 aromatic heterocycles. The minimum absolute atomic E-state index is 0.0903. The summed E-state index contributed by atoms with van der Waals surface area (Å²) in [4.78, 5) is 11.2. The van der Waals surface area contributed by atoms with E-state index in [9.17, 15) is 4.79 Å². The van der Waals surface area contributed by atoms with Crippen molar-refractivity contribution in [2.75, 3.05) is 0 Å². The number of hydrazone groups is 1. The number of azo groups is 1. The molecule has 1 amide bonds. The minimum Gasteiger partial charge on any atom is -0.508 e. The predicted octanol–water partition coefficient (Wildman–Crippen LogP) is 0.247. The molecular weight excluding hydrogens is 210 g/mol. The average Bonchev–Trinajstić information content (AvgIpc) is 2.59. The summed E-state index contributed by atoms with van der Waals surface area (Å²) in [5.41, 5.74) is 8.14. The first-order valence-electron chi connectivity index (χ1n) is 4.49. The molecule has 1 unspecified atom stereocenters. The molecule has 1 atom stereocenters. The number of phenols is 1.